The molecule has 192 valence electrons. The van der Waals surface area contributed by atoms with Crippen LogP contribution in [0.1, 0.15) is 35.2 Å². The summed E-state index contributed by atoms with van der Waals surface area (Å²) in [7, 11) is 0. The monoisotopic (exact) mass is 519 g/mol. The SMILES string of the molecule is O=C(NC1CCNC1)c1ccc(-c2csc(NC(=O)[C@@H]3CCCN3C(=O)OCc3ccccc3)n2)cc1. The van der Waals surface area contributed by atoms with Gasteiger partial charge in [-0.15, -0.1) is 11.3 Å². The van der Waals surface area contributed by atoms with Gasteiger partial charge in [0.05, 0.1) is 5.69 Å². The van der Waals surface area contributed by atoms with Gasteiger partial charge in [0.1, 0.15) is 12.6 Å². The summed E-state index contributed by atoms with van der Waals surface area (Å²) in [6.45, 7) is 2.36. The number of ether oxygens (including phenoxy) is 1. The molecule has 3 heterocycles. The Kier molecular flexibility index (Phi) is 7.76. The minimum absolute atomic E-state index is 0.0881. The molecule has 2 saturated heterocycles. The van der Waals surface area contributed by atoms with Crippen molar-refractivity contribution in [3.05, 3.63) is 71.1 Å². The highest BCUT2D eigenvalue weighted by atomic mass is 32.1. The Morgan fingerprint density at radius 2 is 1.89 bits per heavy atom. The normalized spacial score (nSPS) is 19.0. The second kappa shape index (κ2) is 11.5. The summed E-state index contributed by atoms with van der Waals surface area (Å²) in [6, 6.07) is 16.3. The minimum Gasteiger partial charge on any atom is -0.445 e. The van der Waals surface area contributed by atoms with Crippen LogP contribution >= 0.6 is 11.3 Å². The zero-order valence-corrected chi connectivity index (χ0v) is 21.1. The minimum atomic E-state index is -0.594. The van der Waals surface area contributed by atoms with Gasteiger partial charge in [-0.05, 0) is 43.5 Å². The van der Waals surface area contributed by atoms with Crippen LogP contribution in [0, 0.1) is 0 Å². The van der Waals surface area contributed by atoms with E-state index in [1.165, 1.54) is 16.2 Å². The Morgan fingerprint density at radius 1 is 1.08 bits per heavy atom. The van der Waals surface area contributed by atoms with Crippen LogP contribution < -0.4 is 16.0 Å². The van der Waals surface area contributed by atoms with Gasteiger partial charge in [0, 0.05) is 35.6 Å². The molecule has 10 heteroatoms. The summed E-state index contributed by atoms with van der Waals surface area (Å²) in [4.78, 5) is 44.1. The quantitative estimate of drug-likeness (QED) is 0.439. The van der Waals surface area contributed by atoms with Crippen molar-refractivity contribution in [2.45, 2.75) is 38.0 Å². The van der Waals surface area contributed by atoms with Crippen molar-refractivity contribution in [3.8, 4) is 11.3 Å². The van der Waals surface area contributed by atoms with E-state index < -0.39 is 12.1 Å². The number of likely N-dealkylation sites (tertiary alicyclic amines) is 1. The summed E-state index contributed by atoms with van der Waals surface area (Å²) < 4.78 is 5.43. The van der Waals surface area contributed by atoms with Gasteiger partial charge >= 0.3 is 6.09 Å². The molecule has 3 amide bonds. The Morgan fingerprint density at radius 3 is 2.65 bits per heavy atom. The molecule has 2 aliphatic rings. The molecule has 2 aromatic carbocycles. The Balaban J connectivity index is 1.16. The number of benzene rings is 2. The molecule has 0 radical (unpaired) electrons. The fourth-order valence-corrected chi connectivity index (χ4v) is 5.27. The zero-order valence-electron chi connectivity index (χ0n) is 20.3. The predicted molar refractivity (Wildman–Crippen MR) is 141 cm³/mol. The van der Waals surface area contributed by atoms with E-state index in [9.17, 15) is 14.4 Å². The van der Waals surface area contributed by atoms with Crippen molar-refractivity contribution >= 4 is 34.4 Å². The van der Waals surface area contributed by atoms with E-state index in [-0.39, 0.29) is 24.5 Å². The number of hydrogen-bond donors (Lipinski definition) is 3. The fraction of sp³-hybridized carbons (Fsp3) is 0.333. The van der Waals surface area contributed by atoms with E-state index in [0.717, 1.165) is 37.1 Å². The molecule has 0 saturated carbocycles. The molecule has 3 N–H and O–H groups in total. The van der Waals surface area contributed by atoms with E-state index >= 15 is 0 Å². The lowest BCUT2D eigenvalue weighted by molar-refractivity contribution is -0.120. The van der Waals surface area contributed by atoms with Crippen LogP contribution in [0.3, 0.4) is 0 Å². The highest BCUT2D eigenvalue weighted by Crippen LogP contribution is 2.27. The molecule has 3 aromatic rings. The predicted octanol–water partition coefficient (Wildman–Crippen LogP) is 3.64. The molecule has 9 nitrogen and oxygen atoms in total. The lowest BCUT2D eigenvalue weighted by Crippen LogP contribution is -2.43. The van der Waals surface area contributed by atoms with Crippen molar-refractivity contribution in [1.29, 1.82) is 0 Å². The van der Waals surface area contributed by atoms with E-state index in [4.69, 9.17) is 4.74 Å². The number of carbonyl (C=O) groups excluding carboxylic acids is 3. The van der Waals surface area contributed by atoms with E-state index in [1.54, 1.807) is 12.1 Å². The fourth-order valence-electron chi connectivity index (χ4n) is 4.55. The van der Waals surface area contributed by atoms with Crippen molar-refractivity contribution in [1.82, 2.24) is 20.5 Å². The van der Waals surface area contributed by atoms with Gasteiger partial charge in [-0.25, -0.2) is 9.78 Å². The molecule has 2 atom stereocenters. The number of amides is 3. The first kappa shape index (κ1) is 24.9. The molecular formula is C27H29N5O4S. The van der Waals surface area contributed by atoms with Crippen LogP contribution in [0.5, 0.6) is 0 Å². The van der Waals surface area contributed by atoms with Crippen LogP contribution in [0.15, 0.2) is 60.0 Å². The molecule has 2 fully saturated rings. The number of nitrogens with one attached hydrogen (secondary N) is 3. The maximum Gasteiger partial charge on any atom is 0.410 e. The van der Waals surface area contributed by atoms with Gasteiger partial charge in [0.2, 0.25) is 5.91 Å². The third-order valence-corrected chi connectivity index (χ3v) is 7.33. The zero-order chi connectivity index (χ0) is 25.6. The number of rotatable bonds is 7. The summed E-state index contributed by atoms with van der Waals surface area (Å²) >= 11 is 1.32. The third-order valence-electron chi connectivity index (χ3n) is 6.57. The van der Waals surface area contributed by atoms with Crippen LogP contribution in [0.4, 0.5) is 9.93 Å². The van der Waals surface area contributed by atoms with Crippen LogP contribution in [-0.2, 0) is 16.1 Å². The van der Waals surface area contributed by atoms with E-state index in [0.29, 0.717) is 29.4 Å². The maximum absolute atomic E-state index is 13.0. The number of aromatic nitrogens is 1. The van der Waals surface area contributed by atoms with Crippen molar-refractivity contribution < 1.29 is 19.1 Å². The van der Waals surface area contributed by atoms with E-state index in [2.05, 4.69) is 20.9 Å². The number of nitrogens with zero attached hydrogens (tertiary/aromatic N) is 2. The Bertz CT molecular complexity index is 1240. The van der Waals surface area contributed by atoms with Crippen molar-refractivity contribution in [2.75, 3.05) is 25.0 Å². The summed E-state index contributed by atoms with van der Waals surface area (Å²) in [5, 5.41) is 11.4. The van der Waals surface area contributed by atoms with Crippen LogP contribution in [0.2, 0.25) is 0 Å². The first-order valence-electron chi connectivity index (χ1n) is 12.4. The molecule has 5 rings (SSSR count). The smallest absolute Gasteiger partial charge is 0.410 e. The summed E-state index contributed by atoms with van der Waals surface area (Å²) in [5.74, 6) is -0.363. The Labute approximate surface area is 219 Å². The van der Waals surface area contributed by atoms with Crippen LogP contribution in [-0.4, -0.2) is 59.5 Å². The highest BCUT2D eigenvalue weighted by Gasteiger charge is 2.35. The molecule has 1 unspecified atom stereocenters. The maximum atomic E-state index is 13.0. The Hall–Kier alpha value is -3.76. The summed E-state index contributed by atoms with van der Waals surface area (Å²) in [5.41, 5.74) is 3.05. The lowest BCUT2D eigenvalue weighted by Gasteiger charge is -2.22. The molecule has 2 aliphatic heterocycles. The highest BCUT2D eigenvalue weighted by molar-refractivity contribution is 7.14. The first-order chi connectivity index (χ1) is 18.1. The molecule has 37 heavy (non-hydrogen) atoms. The van der Waals surface area contributed by atoms with E-state index in [1.807, 2.05) is 47.8 Å². The van der Waals surface area contributed by atoms with Gasteiger partial charge < -0.3 is 20.7 Å². The van der Waals surface area contributed by atoms with Crippen molar-refractivity contribution in [3.63, 3.8) is 0 Å². The second-order valence-corrected chi connectivity index (χ2v) is 10.0. The first-order valence-corrected chi connectivity index (χ1v) is 13.3. The second-order valence-electron chi connectivity index (χ2n) is 9.16. The number of anilines is 1. The largest absolute Gasteiger partial charge is 0.445 e. The molecule has 1 aromatic heterocycles. The van der Waals surface area contributed by atoms with Gasteiger partial charge in [0.15, 0.2) is 5.13 Å². The van der Waals surface area contributed by atoms with Crippen molar-refractivity contribution in [2.24, 2.45) is 0 Å². The molecule has 0 spiro atoms. The van der Waals surface area contributed by atoms with Gasteiger partial charge in [-0.1, -0.05) is 42.5 Å². The lowest BCUT2D eigenvalue weighted by atomic mass is 10.1. The molecular weight excluding hydrogens is 490 g/mol. The van der Waals surface area contributed by atoms with Gasteiger partial charge in [-0.2, -0.15) is 0 Å². The average Bonchev–Trinajstić information content (AvgIpc) is 3.70. The number of carbonyl (C=O) groups is 3. The standard InChI is InChI=1S/C27H29N5O4S/c33-24(29-21-12-13-28-15-21)20-10-8-19(9-11-20)22-17-37-26(30-22)31-25(34)23-7-4-14-32(23)27(35)36-16-18-5-2-1-3-6-18/h1-3,5-6,8-11,17,21,23,28H,4,7,12-16H2,(H,29,33)(H,30,31,34)/t21?,23-/m0/s1. The third kappa shape index (κ3) is 6.15. The summed E-state index contributed by atoms with van der Waals surface area (Å²) in [6.07, 6.45) is 1.75. The molecule has 0 bridgehead atoms. The van der Waals surface area contributed by atoms with Gasteiger partial charge in [-0.3, -0.25) is 14.5 Å². The van der Waals surface area contributed by atoms with Crippen LogP contribution in [0.25, 0.3) is 11.3 Å². The average molecular weight is 520 g/mol. The topological polar surface area (TPSA) is 113 Å². The number of thiazole rings is 1. The number of hydrogen-bond acceptors (Lipinski definition) is 7. The molecule has 0 aliphatic carbocycles. The van der Waals surface area contributed by atoms with Gasteiger partial charge in [0.25, 0.3) is 5.91 Å².